The summed E-state index contributed by atoms with van der Waals surface area (Å²) >= 11 is 0. The third-order valence-corrected chi connectivity index (χ3v) is 5.56. The molecule has 0 fully saturated rings. The van der Waals surface area contributed by atoms with E-state index in [1.807, 2.05) is 37.4 Å². The second kappa shape index (κ2) is 10.6. The van der Waals surface area contributed by atoms with E-state index in [0.717, 1.165) is 22.5 Å². The summed E-state index contributed by atoms with van der Waals surface area (Å²) in [5.74, 6) is -1.07. The first-order chi connectivity index (χ1) is 16.1. The van der Waals surface area contributed by atoms with Crippen LogP contribution in [0.3, 0.4) is 0 Å². The Morgan fingerprint density at radius 2 is 1.91 bits per heavy atom. The van der Waals surface area contributed by atoms with Crippen LogP contribution in [0.4, 0.5) is 13.2 Å². The van der Waals surface area contributed by atoms with Gasteiger partial charge < -0.3 is 19.5 Å². The standard InChI is InChI=1S/C25H27F3N2O4/c1-2-4-18-21(9-7-19(23(18)33)24(29)25(26,27)28)34-14-3-12-30-13-11-17-15-16(5-8-20(17)30)6-10-22(31)32/h5,7-9,11,13,15,29,33H,2-4,6,10,12,14H2,1H3,(H,31,32). The molecule has 34 heavy (non-hydrogen) atoms. The molecule has 0 spiro atoms. The number of alkyl halides is 3. The molecule has 0 aliphatic rings. The zero-order valence-electron chi connectivity index (χ0n) is 18.8. The summed E-state index contributed by atoms with van der Waals surface area (Å²) in [6, 6.07) is 10.3. The highest BCUT2D eigenvalue weighted by Gasteiger charge is 2.37. The highest BCUT2D eigenvalue weighted by molar-refractivity contribution is 6.04. The average molecular weight is 476 g/mol. The van der Waals surface area contributed by atoms with Crippen molar-refractivity contribution in [1.82, 2.24) is 4.57 Å². The number of phenols is 1. The molecule has 3 N–H and O–H groups in total. The number of aromatic hydroxyl groups is 1. The van der Waals surface area contributed by atoms with Gasteiger partial charge in [-0.3, -0.25) is 10.2 Å². The number of nitrogens with one attached hydrogen (secondary N) is 1. The minimum atomic E-state index is -4.85. The number of nitrogens with zero attached hydrogens (tertiary/aromatic N) is 1. The molecule has 0 radical (unpaired) electrons. The van der Waals surface area contributed by atoms with Crippen molar-refractivity contribution in [2.24, 2.45) is 0 Å². The molecule has 0 saturated carbocycles. The number of carbonyl (C=O) groups is 1. The molecule has 3 aromatic rings. The van der Waals surface area contributed by atoms with E-state index < -0.39 is 29.2 Å². The van der Waals surface area contributed by atoms with E-state index in [0.29, 0.717) is 44.6 Å². The van der Waals surface area contributed by atoms with Crippen molar-refractivity contribution < 1.29 is 32.9 Å². The maximum Gasteiger partial charge on any atom is 0.433 e. The van der Waals surface area contributed by atoms with Crippen LogP contribution in [0.15, 0.2) is 42.6 Å². The van der Waals surface area contributed by atoms with Gasteiger partial charge in [0.2, 0.25) is 0 Å². The largest absolute Gasteiger partial charge is 0.507 e. The van der Waals surface area contributed by atoms with Crippen molar-refractivity contribution >= 4 is 22.6 Å². The Morgan fingerprint density at radius 3 is 2.59 bits per heavy atom. The third kappa shape index (κ3) is 5.89. The van der Waals surface area contributed by atoms with Crippen molar-refractivity contribution in [2.75, 3.05) is 6.61 Å². The molecule has 0 aliphatic heterocycles. The second-order valence-electron chi connectivity index (χ2n) is 8.06. The fourth-order valence-corrected chi connectivity index (χ4v) is 3.87. The molecule has 0 aliphatic carbocycles. The van der Waals surface area contributed by atoms with Crippen LogP contribution in [0.2, 0.25) is 0 Å². The van der Waals surface area contributed by atoms with E-state index in [2.05, 4.69) is 4.57 Å². The number of benzene rings is 2. The lowest BCUT2D eigenvalue weighted by Crippen LogP contribution is -2.23. The molecule has 0 atom stereocenters. The highest BCUT2D eigenvalue weighted by Crippen LogP contribution is 2.36. The number of aromatic nitrogens is 1. The lowest BCUT2D eigenvalue weighted by Gasteiger charge is -2.17. The van der Waals surface area contributed by atoms with Gasteiger partial charge in [-0.05, 0) is 60.5 Å². The number of hydrogen-bond donors (Lipinski definition) is 3. The molecule has 0 unspecified atom stereocenters. The van der Waals surface area contributed by atoms with E-state index in [-0.39, 0.29) is 12.0 Å². The van der Waals surface area contributed by atoms with Crippen LogP contribution in [0.1, 0.15) is 42.9 Å². The van der Waals surface area contributed by atoms with Gasteiger partial charge in [-0.25, -0.2) is 0 Å². The van der Waals surface area contributed by atoms with Gasteiger partial charge >= 0.3 is 12.1 Å². The number of carboxylic acids is 1. The molecule has 0 saturated heterocycles. The topological polar surface area (TPSA) is 95.5 Å². The number of halogens is 3. The van der Waals surface area contributed by atoms with E-state index >= 15 is 0 Å². The van der Waals surface area contributed by atoms with Gasteiger partial charge in [0, 0.05) is 35.8 Å². The minimum absolute atomic E-state index is 0.0808. The zero-order chi connectivity index (χ0) is 24.9. The van der Waals surface area contributed by atoms with Crippen molar-refractivity contribution in [3.63, 3.8) is 0 Å². The summed E-state index contributed by atoms with van der Waals surface area (Å²) in [5.41, 5.74) is 0.110. The summed E-state index contributed by atoms with van der Waals surface area (Å²) in [7, 11) is 0. The van der Waals surface area contributed by atoms with Crippen LogP contribution in [0.5, 0.6) is 11.5 Å². The molecule has 6 nitrogen and oxygen atoms in total. The van der Waals surface area contributed by atoms with Crippen molar-refractivity contribution in [1.29, 1.82) is 5.41 Å². The predicted octanol–water partition coefficient (Wildman–Crippen LogP) is 5.72. The van der Waals surface area contributed by atoms with Gasteiger partial charge in [0.25, 0.3) is 0 Å². The van der Waals surface area contributed by atoms with Crippen LogP contribution in [-0.4, -0.2) is 39.2 Å². The van der Waals surface area contributed by atoms with Gasteiger partial charge in [-0.15, -0.1) is 0 Å². The Labute approximate surface area is 195 Å². The Balaban J connectivity index is 1.65. The number of hydrogen-bond acceptors (Lipinski definition) is 4. The minimum Gasteiger partial charge on any atom is -0.507 e. The molecule has 1 heterocycles. The SMILES string of the molecule is CCCc1c(OCCCn2ccc3cc(CCC(=O)O)ccc32)ccc(C(=N)C(F)(F)F)c1O. The number of fused-ring (bicyclic) bond motifs is 1. The first-order valence-corrected chi connectivity index (χ1v) is 11.0. The molecular weight excluding hydrogens is 449 g/mol. The molecule has 2 aromatic carbocycles. The van der Waals surface area contributed by atoms with Gasteiger partial charge in [0.15, 0.2) is 0 Å². The Kier molecular flexibility index (Phi) is 7.86. The van der Waals surface area contributed by atoms with Gasteiger partial charge in [0.05, 0.1) is 6.61 Å². The zero-order valence-corrected chi connectivity index (χ0v) is 18.8. The van der Waals surface area contributed by atoms with Gasteiger partial charge in [-0.1, -0.05) is 19.4 Å². The Bertz CT molecular complexity index is 1180. The fourth-order valence-electron chi connectivity index (χ4n) is 3.87. The van der Waals surface area contributed by atoms with Crippen LogP contribution >= 0.6 is 0 Å². The summed E-state index contributed by atoms with van der Waals surface area (Å²) < 4.78 is 46.6. The second-order valence-corrected chi connectivity index (χ2v) is 8.06. The molecule has 0 amide bonds. The Hall–Kier alpha value is -3.49. The van der Waals surface area contributed by atoms with E-state index in [1.165, 1.54) is 6.07 Å². The molecule has 0 bridgehead atoms. The number of aryl methyl sites for hydroxylation is 2. The van der Waals surface area contributed by atoms with E-state index in [1.54, 1.807) is 0 Å². The number of phenolic OH excluding ortho intramolecular Hbond substituents is 1. The summed E-state index contributed by atoms with van der Waals surface area (Å²) in [4.78, 5) is 10.8. The van der Waals surface area contributed by atoms with Gasteiger partial charge in [-0.2, -0.15) is 13.2 Å². The summed E-state index contributed by atoms with van der Waals surface area (Å²) in [6.45, 7) is 2.78. The predicted molar refractivity (Wildman–Crippen MR) is 123 cm³/mol. The maximum absolute atomic E-state index is 12.9. The molecule has 9 heteroatoms. The molecular formula is C25H27F3N2O4. The maximum atomic E-state index is 12.9. The molecule has 1 aromatic heterocycles. The van der Waals surface area contributed by atoms with E-state index in [9.17, 15) is 23.1 Å². The normalized spacial score (nSPS) is 11.6. The van der Waals surface area contributed by atoms with Crippen LogP contribution in [0.25, 0.3) is 10.9 Å². The first-order valence-electron chi connectivity index (χ1n) is 11.0. The quantitative estimate of drug-likeness (QED) is 0.244. The van der Waals surface area contributed by atoms with Crippen molar-refractivity contribution in [2.45, 2.75) is 51.7 Å². The lowest BCUT2D eigenvalue weighted by atomic mass is 10.00. The third-order valence-electron chi connectivity index (χ3n) is 5.56. The van der Waals surface area contributed by atoms with Crippen LogP contribution in [-0.2, 0) is 24.2 Å². The number of aliphatic carboxylic acids is 1. The summed E-state index contributed by atoms with van der Waals surface area (Å²) in [5, 5.41) is 27.6. The first kappa shape index (κ1) is 25.1. The number of rotatable bonds is 11. The van der Waals surface area contributed by atoms with E-state index in [4.69, 9.17) is 15.3 Å². The summed E-state index contributed by atoms with van der Waals surface area (Å²) in [6.07, 6.45) is -0.812. The van der Waals surface area contributed by atoms with Crippen molar-refractivity contribution in [3.05, 3.63) is 59.3 Å². The Morgan fingerprint density at radius 1 is 1.15 bits per heavy atom. The van der Waals surface area contributed by atoms with Crippen LogP contribution in [0, 0.1) is 5.41 Å². The lowest BCUT2D eigenvalue weighted by molar-refractivity contribution is -0.136. The number of ether oxygens (including phenoxy) is 1. The van der Waals surface area contributed by atoms with Gasteiger partial charge in [0.1, 0.15) is 17.2 Å². The van der Waals surface area contributed by atoms with Crippen LogP contribution < -0.4 is 4.74 Å². The highest BCUT2D eigenvalue weighted by atomic mass is 19.4. The fraction of sp³-hybridized carbons (Fsp3) is 0.360. The smallest absolute Gasteiger partial charge is 0.433 e. The average Bonchev–Trinajstić information content (AvgIpc) is 3.18. The molecule has 182 valence electrons. The monoisotopic (exact) mass is 476 g/mol. The molecule has 3 rings (SSSR count). The number of carboxylic acid groups (broad SMARTS) is 1. The van der Waals surface area contributed by atoms with Crippen molar-refractivity contribution in [3.8, 4) is 11.5 Å².